The fourth-order valence-corrected chi connectivity index (χ4v) is 1.61. The standard InChI is InChI=1S/C11H15FSi/c1-9(12)11(2,13)8-10-6-4-3-5-7-10/h3-7H,1,8H2,2,13H3. The van der Waals surface area contributed by atoms with Crippen molar-refractivity contribution in [2.24, 2.45) is 0 Å². The number of rotatable bonds is 3. The topological polar surface area (TPSA) is 0 Å². The largest absolute Gasteiger partial charge is 0.212 e. The molecular formula is C11H15FSi. The second-order valence-corrected chi connectivity index (χ2v) is 6.16. The maximum absolute atomic E-state index is 13.0. The molecule has 0 aliphatic carbocycles. The van der Waals surface area contributed by atoms with Gasteiger partial charge in [-0.2, -0.15) is 0 Å². The molecule has 0 saturated carbocycles. The molecule has 0 aliphatic heterocycles. The van der Waals surface area contributed by atoms with Crippen molar-refractivity contribution in [3.05, 3.63) is 48.3 Å². The van der Waals surface area contributed by atoms with E-state index in [0.29, 0.717) is 0 Å². The Kier molecular flexibility index (Phi) is 3.04. The Morgan fingerprint density at radius 1 is 1.46 bits per heavy atom. The first-order chi connectivity index (χ1) is 6.02. The molecule has 0 fully saturated rings. The molecule has 0 aromatic heterocycles. The highest BCUT2D eigenvalue weighted by atomic mass is 28.1. The lowest BCUT2D eigenvalue weighted by Crippen LogP contribution is -2.11. The van der Waals surface area contributed by atoms with Crippen LogP contribution in [0.4, 0.5) is 4.39 Å². The molecule has 0 nitrogen and oxygen atoms in total. The maximum Gasteiger partial charge on any atom is 0.0953 e. The zero-order valence-corrected chi connectivity index (χ0v) is 10.2. The van der Waals surface area contributed by atoms with Gasteiger partial charge in [0.15, 0.2) is 0 Å². The van der Waals surface area contributed by atoms with Gasteiger partial charge in [0, 0.05) is 15.3 Å². The number of hydrogen-bond acceptors (Lipinski definition) is 0. The molecule has 0 saturated heterocycles. The third kappa shape index (κ3) is 2.81. The molecular weight excluding hydrogens is 179 g/mol. The molecule has 0 N–H and O–H groups in total. The summed E-state index contributed by atoms with van der Waals surface area (Å²) in [5.74, 6) is -0.192. The SMILES string of the molecule is C=C(F)C(C)([SiH3])Cc1ccccc1. The van der Waals surface area contributed by atoms with E-state index in [2.05, 4.69) is 6.58 Å². The van der Waals surface area contributed by atoms with Crippen LogP contribution in [0.2, 0.25) is 5.04 Å². The lowest BCUT2D eigenvalue weighted by molar-refractivity contribution is 0.510. The second kappa shape index (κ2) is 3.88. The Balaban J connectivity index is 2.75. The predicted octanol–water partition coefficient (Wildman–Crippen LogP) is 2.26. The Morgan fingerprint density at radius 2 is 2.00 bits per heavy atom. The Hall–Kier alpha value is -0.893. The van der Waals surface area contributed by atoms with E-state index in [1.165, 1.54) is 5.56 Å². The first kappa shape index (κ1) is 10.2. The minimum Gasteiger partial charge on any atom is -0.212 e. The molecule has 0 spiro atoms. The van der Waals surface area contributed by atoms with Crippen LogP contribution in [0, 0.1) is 0 Å². The summed E-state index contributed by atoms with van der Waals surface area (Å²) in [6.45, 7) is 5.32. The van der Waals surface area contributed by atoms with Gasteiger partial charge in [-0.15, -0.1) is 0 Å². The molecule has 70 valence electrons. The van der Waals surface area contributed by atoms with E-state index in [0.717, 1.165) is 16.7 Å². The molecule has 0 radical (unpaired) electrons. The van der Waals surface area contributed by atoms with Gasteiger partial charge >= 0.3 is 0 Å². The fourth-order valence-electron chi connectivity index (χ4n) is 1.20. The van der Waals surface area contributed by atoms with E-state index in [-0.39, 0.29) is 10.9 Å². The molecule has 0 aliphatic rings. The van der Waals surface area contributed by atoms with Crippen LogP contribution in [0.3, 0.4) is 0 Å². The Morgan fingerprint density at radius 3 is 2.46 bits per heavy atom. The van der Waals surface area contributed by atoms with Crippen molar-refractivity contribution >= 4 is 10.2 Å². The Bertz CT molecular complexity index is 290. The van der Waals surface area contributed by atoms with E-state index >= 15 is 0 Å². The summed E-state index contributed by atoms with van der Waals surface area (Å²) in [4.78, 5) is 0. The zero-order chi connectivity index (χ0) is 9.90. The van der Waals surface area contributed by atoms with Crippen molar-refractivity contribution in [3.8, 4) is 0 Å². The van der Waals surface area contributed by atoms with Crippen molar-refractivity contribution in [2.45, 2.75) is 18.4 Å². The molecule has 1 unspecified atom stereocenters. The highest BCUT2D eigenvalue weighted by molar-refractivity contribution is 6.16. The number of benzene rings is 1. The lowest BCUT2D eigenvalue weighted by Gasteiger charge is -2.21. The minimum absolute atomic E-state index is 0.192. The van der Waals surface area contributed by atoms with Crippen molar-refractivity contribution in [1.29, 1.82) is 0 Å². The van der Waals surface area contributed by atoms with Gasteiger partial charge in [0.2, 0.25) is 0 Å². The second-order valence-electron chi connectivity index (χ2n) is 3.95. The van der Waals surface area contributed by atoms with Gasteiger partial charge in [0.05, 0.1) is 5.83 Å². The van der Waals surface area contributed by atoms with E-state index in [1.807, 2.05) is 37.3 Å². The molecule has 1 aromatic rings. The van der Waals surface area contributed by atoms with Crippen LogP contribution in [-0.2, 0) is 6.42 Å². The van der Waals surface area contributed by atoms with Crippen LogP contribution in [0.25, 0.3) is 0 Å². The van der Waals surface area contributed by atoms with Crippen LogP contribution in [0.15, 0.2) is 42.7 Å². The summed E-state index contributed by atoms with van der Waals surface area (Å²) in [5.41, 5.74) is 1.18. The summed E-state index contributed by atoms with van der Waals surface area (Å²) in [5, 5.41) is -0.318. The third-order valence-corrected chi connectivity index (χ3v) is 3.12. The summed E-state index contributed by atoms with van der Waals surface area (Å²) in [7, 11) is 0.793. The van der Waals surface area contributed by atoms with Crippen molar-refractivity contribution in [2.75, 3.05) is 0 Å². The van der Waals surface area contributed by atoms with E-state index in [1.54, 1.807) is 0 Å². The van der Waals surface area contributed by atoms with Gasteiger partial charge in [-0.3, -0.25) is 0 Å². The van der Waals surface area contributed by atoms with Crippen LogP contribution in [-0.4, -0.2) is 10.2 Å². The predicted molar refractivity (Wildman–Crippen MR) is 58.7 cm³/mol. The van der Waals surface area contributed by atoms with Gasteiger partial charge in [-0.05, 0) is 12.0 Å². The lowest BCUT2D eigenvalue weighted by atomic mass is 9.99. The summed E-state index contributed by atoms with van der Waals surface area (Å²) >= 11 is 0. The molecule has 1 atom stereocenters. The van der Waals surface area contributed by atoms with Gasteiger partial charge in [0.25, 0.3) is 0 Å². The van der Waals surface area contributed by atoms with Crippen molar-refractivity contribution in [3.63, 3.8) is 0 Å². The fraction of sp³-hybridized carbons (Fsp3) is 0.273. The van der Waals surface area contributed by atoms with Gasteiger partial charge in [-0.1, -0.05) is 43.8 Å². The van der Waals surface area contributed by atoms with E-state index in [4.69, 9.17) is 0 Å². The number of hydrogen-bond donors (Lipinski definition) is 0. The van der Waals surface area contributed by atoms with Gasteiger partial charge in [-0.25, -0.2) is 4.39 Å². The molecule has 1 rings (SSSR count). The highest BCUT2D eigenvalue weighted by Gasteiger charge is 2.22. The molecule has 0 amide bonds. The zero-order valence-electron chi connectivity index (χ0n) is 8.18. The first-order valence-corrected chi connectivity index (χ1v) is 5.41. The summed E-state index contributed by atoms with van der Waals surface area (Å²) < 4.78 is 13.0. The van der Waals surface area contributed by atoms with Crippen LogP contribution < -0.4 is 0 Å². The smallest absolute Gasteiger partial charge is 0.0953 e. The summed E-state index contributed by atoms with van der Waals surface area (Å²) in [6, 6.07) is 9.98. The Labute approximate surface area is 81.9 Å². The molecule has 0 heterocycles. The molecule has 2 heteroatoms. The number of halogens is 1. The van der Waals surface area contributed by atoms with Crippen molar-refractivity contribution < 1.29 is 4.39 Å². The van der Waals surface area contributed by atoms with Crippen LogP contribution in [0.1, 0.15) is 12.5 Å². The first-order valence-electron chi connectivity index (χ1n) is 4.41. The van der Waals surface area contributed by atoms with Gasteiger partial charge in [0.1, 0.15) is 0 Å². The monoisotopic (exact) mass is 194 g/mol. The maximum atomic E-state index is 13.0. The number of allylic oxidation sites excluding steroid dienone is 1. The van der Waals surface area contributed by atoms with E-state index in [9.17, 15) is 4.39 Å². The third-order valence-electron chi connectivity index (χ3n) is 2.22. The van der Waals surface area contributed by atoms with Crippen LogP contribution >= 0.6 is 0 Å². The average Bonchev–Trinajstić information content (AvgIpc) is 2.05. The molecule has 1 aromatic carbocycles. The average molecular weight is 194 g/mol. The van der Waals surface area contributed by atoms with Crippen molar-refractivity contribution in [1.82, 2.24) is 0 Å². The molecule has 13 heavy (non-hydrogen) atoms. The van der Waals surface area contributed by atoms with Crippen LogP contribution in [0.5, 0.6) is 0 Å². The van der Waals surface area contributed by atoms with Gasteiger partial charge < -0.3 is 0 Å². The molecule has 0 bridgehead atoms. The highest BCUT2D eigenvalue weighted by Crippen LogP contribution is 2.34. The minimum atomic E-state index is -0.318. The normalized spacial score (nSPS) is 15.2. The summed E-state index contributed by atoms with van der Waals surface area (Å²) in [6.07, 6.45) is 0.759. The van der Waals surface area contributed by atoms with E-state index < -0.39 is 0 Å². The quantitative estimate of drug-likeness (QED) is 0.647.